The first-order chi connectivity index (χ1) is 8.81. The van der Waals surface area contributed by atoms with E-state index < -0.39 is 5.54 Å². The number of hydrogen-bond acceptors (Lipinski definition) is 2. The van der Waals surface area contributed by atoms with Gasteiger partial charge < -0.3 is 5.32 Å². The number of para-hydroxylation sites is 1. The molecule has 0 aliphatic heterocycles. The fourth-order valence-corrected chi connectivity index (χ4v) is 2.61. The topological polar surface area (TPSA) is 35.8 Å². The molecule has 0 heterocycles. The summed E-state index contributed by atoms with van der Waals surface area (Å²) < 4.78 is 0. The molecule has 0 aromatic heterocycles. The summed E-state index contributed by atoms with van der Waals surface area (Å²) in [4.78, 5) is 0. The summed E-state index contributed by atoms with van der Waals surface area (Å²) in [5.74, 6) is 0. The Morgan fingerprint density at radius 1 is 0.889 bits per heavy atom. The summed E-state index contributed by atoms with van der Waals surface area (Å²) >= 11 is 0. The Morgan fingerprint density at radius 2 is 1.44 bits per heavy atom. The molecule has 0 spiro atoms. The standard InChI is InChI=1S/C16H14N2/c17-12-16(18-15-8-2-1-3-9-15)10-13-6-4-5-7-14(13)11-16/h1-9,18H,10-11H2. The molecule has 1 N–H and O–H groups in total. The molecule has 1 aliphatic rings. The maximum Gasteiger partial charge on any atom is 0.133 e. The molecule has 0 amide bonds. The van der Waals surface area contributed by atoms with Crippen LogP contribution in [0.3, 0.4) is 0 Å². The molecule has 2 nitrogen and oxygen atoms in total. The van der Waals surface area contributed by atoms with Gasteiger partial charge in [-0.3, -0.25) is 0 Å². The van der Waals surface area contributed by atoms with Crippen LogP contribution in [-0.4, -0.2) is 5.54 Å². The van der Waals surface area contributed by atoms with Gasteiger partial charge in [0.1, 0.15) is 5.54 Å². The molecular formula is C16H14N2. The molecule has 18 heavy (non-hydrogen) atoms. The third-order valence-electron chi connectivity index (χ3n) is 3.47. The third-order valence-corrected chi connectivity index (χ3v) is 3.47. The number of nitrogens with one attached hydrogen (secondary N) is 1. The van der Waals surface area contributed by atoms with Gasteiger partial charge in [-0.05, 0) is 23.3 Å². The minimum Gasteiger partial charge on any atom is -0.367 e. The summed E-state index contributed by atoms with van der Waals surface area (Å²) in [7, 11) is 0. The van der Waals surface area contributed by atoms with Gasteiger partial charge in [0.05, 0.1) is 6.07 Å². The van der Waals surface area contributed by atoms with Crippen LogP contribution in [0.4, 0.5) is 5.69 Å². The zero-order chi connectivity index (χ0) is 12.4. The molecule has 2 aromatic rings. The zero-order valence-electron chi connectivity index (χ0n) is 10.1. The van der Waals surface area contributed by atoms with Crippen LogP contribution in [0, 0.1) is 11.3 Å². The highest BCUT2D eigenvalue weighted by atomic mass is 15.0. The Morgan fingerprint density at radius 3 is 2.00 bits per heavy atom. The molecule has 1 aliphatic carbocycles. The van der Waals surface area contributed by atoms with Crippen LogP contribution in [-0.2, 0) is 12.8 Å². The maximum atomic E-state index is 9.54. The first-order valence-corrected chi connectivity index (χ1v) is 6.13. The van der Waals surface area contributed by atoms with Gasteiger partial charge in [0.2, 0.25) is 0 Å². The van der Waals surface area contributed by atoms with Crippen molar-refractivity contribution in [3.8, 4) is 6.07 Å². The van der Waals surface area contributed by atoms with E-state index in [9.17, 15) is 5.26 Å². The Kier molecular flexibility index (Phi) is 2.53. The van der Waals surface area contributed by atoms with Crippen molar-refractivity contribution < 1.29 is 0 Å². The van der Waals surface area contributed by atoms with Gasteiger partial charge in [-0.1, -0.05) is 42.5 Å². The van der Waals surface area contributed by atoms with Gasteiger partial charge in [0.15, 0.2) is 0 Å². The first-order valence-electron chi connectivity index (χ1n) is 6.13. The van der Waals surface area contributed by atoms with E-state index in [1.54, 1.807) is 0 Å². The second-order valence-electron chi connectivity index (χ2n) is 4.81. The van der Waals surface area contributed by atoms with E-state index in [1.807, 2.05) is 42.5 Å². The molecule has 0 radical (unpaired) electrons. The van der Waals surface area contributed by atoms with Crippen molar-refractivity contribution in [3.63, 3.8) is 0 Å². The smallest absolute Gasteiger partial charge is 0.133 e. The minimum absolute atomic E-state index is 0.495. The molecule has 0 unspecified atom stereocenters. The molecule has 2 aromatic carbocycles. The lowest BCUT2D eigenvalue weighted by Crippen LogP contribution is -2.37. The Bertz CT molecular complexity index is 571. The Balaban J connectivity index is 1.89. The van der Waals surface area contributed by atoms with Gasteiger partial charge >= 0.3 is 0 Å². The Labute approximate surface area is 107 Å². The Hall–Kier alpha value is -2.27. The second-order valence-corrected chi connectivity index (χ2v) is 4.81. The third kappa shape index (κ3) is 1.84. The summed E-state index contributed by atoms with van der Waals surface area (Å²) in [6.45, 7) is 0. The molecule has 2 heteroatoms. The van der Waals surface area contributed by atoms with E-state index >= 15 is 0 Å². The van der Waals surface area contributed by atoms with Crippen molar-refractivity contribution in [2.45, 2.75) is 18.4 Å². The molecule has 0 atom stereocenters. The zero-order valence-corrected chi connectivity index (χ0v) is 10.1. The van der Waals surface area contributed by atoms with Crippen molar-refractivity contribution in [1.29, 1.82) is 5.26 Å². The van der Waals surface area contributed by atoms with Crippen LogP contribution < -0.4 is 5.32 Å². The van der Waals surface area contributed by atoms with Gasteiger partial charge in [0, 0.05) is 18.5 Å². The van der Waals surface area contributed by atoms with Gasteiger partial charge in [0.25, 0.3) is 0 Å². The number of nitriles is 1. The second kappa shape index (κ2) is 4.19. The van der Waals surface area contributed by atoms with Crippen molar-refractivity contribution in [1.82, 2.24) is 0 Å². The predicted octanol–water partition coefficient (Wildman–Crippen LogP) is 3.16. The van der Waals surface area contributed by atoms with Crippen molar-refractivity contribution >= 4 is 5.69 Å². The lowest BCUT2D eigenvalue weighted by atomic mass is 9.97. The number of nitrogens with zero attached hydrogens (tertiary/aromatic N) is 1. The average Bonchev–Trinajstić information content (AvgIpc) is 2.78. The van der Waals surface area contributed by atoms with Crippen LogP contribution in [0.2, 0.25) is 0 Å². The average molecular weight is 234 g/mol. The molecular weight excluding hydrogens is 220 g/mol. The van der Waals surface area contributed by atoms with E-state index in [-0.39, 0.29) is 0 Å². The van der Waals surface area contributed by atoms with Crippen molar-refractivity contribution in [2.24, 2.45) is 0 Å². The fraction of sp³-hybridized carbons (Fsp3) is 0.188. The van der Waals surface area contributed by atoms with Gasteiger partial charge in [-0.2, -0.15) is 5.26 Å². The van der Waals surface area contributed by atoms with Crippen LogP contribution in [0.5, 0.6) is 0 Å². The molecule has 88 valence electrons. The highest BCUT2D eigenvalue weighted by molar-refractivity contribution is 5.52. The lowest BCUT2D eigenvalue weighted by molar-refractivity contribution is 0.628. The maximum absolute atomic E-state index is 9.54. The van der Waals surface area contributed by atoms with E-state index in [4.69, 9.17) is 0 Å². The van der Waals surface area contributed by atoms with Crippen LogP contribution in [0.25, 0.3) is 0 Å². The summed E-state index contributed by atoms with van der Waals surface area (Å²) in [5.41, 5.74) is 3.07. The number of rotatable bonds is 2. The number of benzene rings is 2. The van der Waals surface area contributed by atoms with E-state index in [0.29, 0.717) is 0 Å². The molecule has 3 rings (SSSR count). The number of anilines is 1. The fourth-order valence-electron chi connectivity index (χ4n) is 2.61. The number of hydrogen-bond donors (Lipinski definition) is 1. The van der Waals surface area contributed by atoms with Crippen molar-refractivity contribution in [3.05, 3.63) is 65.7 Å². The van der Waals surface area contributed by atoms with Crippen LogP contribution in [0.1, 0.15) is 11.1 Å². The molecule has 0 fully saturated rings. The van der Waals surface area contributed by atoms with Crippen LogP contribution in [0.15, 0.2) is 54.6 Å². The van der Waals surface area contributed by atoms with E-state index in [2.05, 4.69) is 23.5 Å². The van der Waals surface area contributed by atoms with Crippen LogP contribution >= 0.6 is 0 Å². The normalized spacial score (nSPS) is 15.7. The first kappa shape index (κ1) is 10.9. The predicted molar refractivity (Wildman–Crippen MR) is 72.3 cm³/mol. The highest BCUT2D eigenvalue weighted by Gasteiger charge is 2.37. The van der Waals surface area contributed by atoms with Crippen molar-refractivity contribution in [2.75, 3.05) is 5.32 Å². The largest absolute Gasteiger partial charge is 0.367 e. The minimum atomic E-state index is -0.495. The molecule has 0 saturated heterocycles. The highest BCUT2D eigenvalue weighted by Crippen LogP contribution is 2.32. The summed E-state index contributed by atoms with van der Waals surface area (Å²) in [6.07, 6.45) is 1.54. The lowest BCUT2D eigenvalue weighted by Gasteiger charge is -2.23. The van der Waals surface area contributed by atoms with Gasteiger partial charge in [-0.25, -0.2) is 0 Å². The molecule has 0 saturated carbocycles. The van der Waals surface area contributed by atoms with Gasteiger partial charge in [-0.15, -0.1) is 0 Å². The number of fused-ring (bicyclic) bond motifs is 1. The monoisotopic (exact) mass is 234 g/mol. The van der Waals surface area contributed by atoms with E-state index in [0.717, 1.165) is 18.5 Å². The SMILES string of the molecule is N#CC1(Nc2ccccc2)Cc2ccccc2C1. The summed E-state index contributed by atoms with van der Waals surface area (Å²) in [5, 5.41) is 12.9. The molecule has 0 bridgehead atoms. The van der Waals surface area contributed by atoms with E-state index in [1.165, 1.54) is 11.1 Å². The quantitative estimate of drug-likeness (QED) is 0.866. The summed E-state index contributed by atoms with van der Waals surface area (Å²) in [6, 6.07) is 20.7.